The van der Waals surface area contributed by atoms with Crippen LogP contribution in [-0.4, -0.2) is 53.1 Å². The number of amides is 2. The minimum absolute atomic E-state index is 0.00619. The molecule has 12 heteroatoms. The van der Waals surface area contributed by atoms with Crippen molar-refractivity contribution in [2.75, 3.05) is 0 Å². The third-order valence-electron chi connectivity index (χ3n) is 5.47. The Morgan fingerprint density at radius 2 is 1.91 bits per heavy atom. The molecule has 1 aromatic carbocycles. The Hall–Kier alpha value is -3.41. The van der Waals surface area contributed by atoms with Crippen molar-refractivity contribution >= 4 is 23.7 Å². The number of carboxylic acids is 1. The summed E-state index contributed by atoms with van der Waals surface area (Å²) < 4.78 is 44.9. The second kappa shape index (κ2) is 11.8. The second-order valence-electron chi connectivity index (χ2n) is 8.08. The molecular formula is C23H29F3N4O5. The number of ether oxygens (including phenoxy) is 1. The summed E-state index contributed by atoms with van der Waals surface area (Å²) >= 11 is 0. The first-order chi connectivity index (χ1) is 16.3. The van der Waals surface area contributed by atoms with E-state index in [2.05, 4.69) is 15.6 Å². The number of rotatable bonds is 8. The number of aliphatic imine (C=N–C) groups is 1. The van der Waals surface area contributed by atoms with Crippen molar-refractivity contribution in [3.8, 4) is 0 Å². The molecule has 3 atom stereocenters. The Balaban J connectivity index is 2.33. The summed E-state index contributed by atoms with van der Waals surface area (Å²) in [6, 6.07) is 2.06. The molecule has 0 radical (unpaired) electrons. The minimum Gasteiger partial charge on any atom is -0.478 e. The molecular weight excluding hydrogens is 469 g/mol. The SMILES string of the molecule is CCC(CC)O[C@@H]1C=C(C(=O)O)C[C@H](N=C(N)NC(=O)c2cccc(C(F)(F)F)c2)[C@H]1NC(C)=O. The quantitative estimate of drug-likeness (QED) is 0.321. The summed E-state index contributed by atoms with van der Waals surface area (Å²) in [6.45, 7) is 5.09. The molecule has 0 aromatic heterocycles. The number of guanidine groups is 1. The van der Waals surface area contributed by atoms with E-state index >= 15 is 0 Å². The first kappa shape index (κ1) is 27.8. The summed E-state index contributed by atoms with van der Waals surface area (Å²) in [5.41, 5.74) is 4.56. The van der Waals surface area contributed by atoms with E-state index in [1.165, 1.54) is 19.1 Å². The van der Waals surface area contributed by atoms with Crippen molar-refractivity contribution in [1.82, 2.24) is 10.6 Å². The van der Waals surface area contributed by atoms with Gasteiger partial charge in [0, 0.05) is 24.5 Å². The molecule has 5 N–H and O–H groups in total. The number of hydrogen-bond acceptors (Lipinski definition) is 5. The molecule has 0 spiro atoms. The topological polar surface area (TPSA) is 143 Å². The fourth-order valence-electron chi connectivity index (χ4n) is 3.70. The van der Waals surface area contributed by atoms with Crippen LogP contribution in [0.15, 0.2) is 40.9 Å². The van der Waals surface area contributed by atoms with Crippen molar-refractivity contribution in [3.63, 3.8) is 0 Å². The number of carbonyl (C=O) groups excluding carboxylic acids is 2. The maximum Gasteiger partial charge on any atom is 0.416 e. The minimum atomic E-state index is -4.63. The van der Waals surface area contributed by atoms with Gasteiger partial charge >= 0.3 is 12.1 Å². The average molecular weight is 499 g/mol. The largest absolute Gasteiger partial charge is 0.478 e. The lowest BCUT2D eigenvalue weighted by atomic mass is 9.88. The van der Waals surface area contributed by atoms with Gasteiger partial charge in [0.15, 0.2) is 5.96 Å². The summed E-state index contributed by atoms with van der Waals surface area (Å²) in [6.07, 6.45) is -3.06. The van der Waals surface area contributed by atoms with Crippen molar-refractivity contribution in [2.45, 2.75) is 70.5 Å². The number of halogens is 3. The monoisotopic (exact) mass is 498 g/mol. The van der Waals surface area contributed by atoms with E-state index in [0.29, 0.717) is 18.9 Å². The molecule has 0 bridgehead atoms. The van der Waals surface area contributed by atoms with Crippen molar-refractivity contribution in [3.05, 3.63) is 47.0 Å². The predicted molar refractivity (Wildman–Crippen MR) is 122 cm³/mol. The summed E-state index contributed by atoms with van der Waals surface area (Å²) in [7, 11) is 0. The maximum atomic E-state index is 13.0. The third kappa shape index (κ3) is 7.81. The van der Waals surface area contributed by atoms with Crippen molar-refractivity contribution < 1.29 is 37.4 Å². The van der Waals surface area contributed by atoms with E-state index in [1.54, 1.807) is 0 Å². The van der Waals surface area contributed by atoms with Gasteiger partial charge in [0.25, 0.3) is 5.91 Å². The molecule has 2 amide bonds. The van der Waals surface area contributed by atoms with Crippen molar-refractivity contribution in [2.24, 2.45) is 10.7 Å². The Kier molecular flexibility index (Phi) is 9.40. The van der Waals surface area contributed by atoms with Crippen LogP contribution in [0, 0.1) is 0 Å². The third-order valence-corrected chi connectivity index (χ3v) is 5.47. The molecule has 1 aliphatic rings. The van der Waals surface area contributed by atoms with Gasteiger partial charge in [-0.15, -0.1) is 0 Å². The number of nitrogens with zero attached hydrogens (tertiary/aromatic N) is 1. The lowest BCUT2D eigenvalue weighted by Gasteiger charge is -2.36. The number of nitrogens with one attached hydrogen (secondary N) is 2. The highest BCUT2D eigenvalue weighted by atomic mass is 19.4. The average Bonchev–Trinajstić information content (AvgIpc) is 2.78. The van der Waals surface area contributed by atoms with Gasteiger partial charge in [0.05, 0.1) is 29.9 Å². The van der Waals surface area contributed by atoms with Gasteiger partial charge in [-0.2, -0.15) is 13.2 Å². The zero-order valence-electron chi connectivity index (χ0n) is 19.6. The van der Waals surface area contributed by atoms with Crippen LogP contribution in [-0.2, 0) is 20.5 Å². The van der Waals surface area contributed by atoms with E-state index in [9.17, 15) is 32.7 Å². The molecule has 0 saturated carbocycles. The fourth-order valence-corrected chi connectivity index (χ4v) is 3.70. The Morgan fingerprint density at radius 3 is 2.46 bits per heavy atom. The number of carbonyl (C=O) groups is 3. The lowest BCUT2D eigenvalue weighted by Crippen LogP contribution is -2.54. The molecule has 192 valence electrons. The zero-order valence-corrected chi connectivity index (χ0v) is 19.6. The highest BCUT2D eigenvalue weighted by Crippen LogP contribution is 2.29. The summed E-state index contributed by atoms with van der Waals surface area (Å²) in [4.78, 5) is 40.2. The molecule has 1 aliphatic carbocycles. The standard InChI is InChI=1S/C23H29F3N4O5/c1-4-16(5-2)35-18-11-14(21(33)34)10-17(19(18)28-12(3)31)29-22(27)30-20(32)13-7-6-8-15(9-13)23(24,25)26/h6-9,11,16-19H,4-5,10H2,1-3H3,(H,28,31)(H,33,34)(H3,27,29,30,32)/t17-,18+,19+/m0/s1. The summed E-state index contributed by atoms with van der Waals surface area (Å²) in [5, 5.41) is 14.5. The van der Waals surface area contributed by atoms with Crippen LogP contribution in [0.2, 0.25) is 0 Å². The number of carboxylic acid groups (broad SMARTS) is 1. The zero-order chi connectivity index (χ0) is 26.3. The maximum absolute atomic E-state index is 13.0. The van der Waals surface area contributed by atoms with Gasteiger partial charge in [-0.1, -0.05) is 19.9 Å². The van der Waals surface area contributed by atoms with Gasteiger partial charge < -0.3 is 20.9 Å². The first-order valence-corrected chi connectivity index (χ1v) is 11.0. The molecule has 35 heavy (non-hydrogen) atoms. The van der Waals surface area contributed by atoms with E-state index in [1.807, 2.05) is 13.8 Å². The Morgan fingerprint density at radius 1 is 1.26 bits per heavy atom. The van der Waals surface area contributed by atoms with E-state index < -0.39 is 53.7 Å². The Bertz CT molecular complexity index is 1010. The molecule has 0 saturated heterocycles. The van der Waals surface area contributed by atoms with Gasteiger partial charge in [0.1, 0.15) is 0 Å². The predicted octanol–water partition coefficient (Wildman–Crippen LogP) is 2.61. The van der Waals surface area contributed by atoms with Crippen LogP contribution in [0.25, 0.3) is 0 Å². The van der Waals surface area contributed by atoms with E-state index in [0.717, 1.165) is 12.1 Å². The van der Waals surface area contributed by atoms with Crippen LogP contribution in [0.4, 0.5) is 13.2 Å². The normalized spacial score (nSPS) is 20.8. The van der Waals surface area contributed by atoms with E-state index in [-0.39, 0.29) is 23.7 Å². The number of alkyl halides is 3. The van der Waals surface area contributed by atoms with Crippen LogP contribution >= 0.6 is 0 Å². The summed E-state index contributed by atoms with van der Waals surface area (Å²) in [5.74, 6) is -2.98. The number of benzene rings is 1. The fraction of sp³-hybridized carbons (Fsp3) is 0.478. The van der Waals surface area contributed by atoms with Crippen LogP contribution < -0.4 is 16.4 Å². The van der Waals surface area contributed by atoms with Crippen LogP contribution in [0.5, 0.6) is 0 Å². The van der Waals surface area contributed by atoms with Gasteiger partial charge in [-0.25, -0.2) is 9.79 Å². The van der Waals surface area contributed by atoms with Gasteiger partial charge in [-0.3, -0.25) is 14.9 Å². The molecule has 0 fully saturated rings. The van der Waals surface area contributed by atoms with Crippen LogP contribution in [0.3, 0.4) is 0 Å². The second-order valence-corrected chi connectivity index (χ2v) is 8.08. The number of nitrogens with two attached hydrogens (primary N) is 1. The Labute approximate surface area is 200 Å². The number of hydrogen-bond donors (Lipinski definition) is 4. The van der Waals surface area contributed by atoms with Crippen LogP contribution in [0.1, 0.15) is 56.0 Å². The highest BCUT2D eigenvalue weighted by molar-refractivity contribution is 6.05. The number of aliphatic carboxylic acids is 1. The molecule has 1 aromatic rings. The van der Waals surface area contributed by atoms with E-state index in [4.69, 9.17) is 10.5 Å². The molecule has 0 unspecified atom stereocenters. The first-order valence-electron chi connectivity index (χ1n) is 11.0. The molecule has 0 aliphatic heterocycles. The molecule has 9 nitrogen and oxygen atoms in total. The van der Waals surface area contributed by atoms with Gasteiger partial charge in [-0.05, 0) is 37.1 Å². The van der Waals surface area contributed by atoms with Crippen molar-refractivity contribution in [1.29, 1.82) is 0 Å². The molecule has 0 heterocycles. The lowest BCUT2D eigenvalue weighted by molar-refractivity contribution is -0.137. The van der Waals surface area contributed by atoms with Gasteiger partial charge in [0.2, 0.25) is 5.91 Å². The smallest absolute Gasteiger partial charge is 0.416 e. The highest BCUT2D eigenvalue weighted by Gasteiger charge is 2.38. The molecule has 2 rings (SSSR count).